The van der Waals surface area contributed by atoms with Crippen molar-refractivity contribution in [2.24, 2.45) is 5.73 Å². The van der Waals surface area contributed by atoms with Crippen molar-refractivity contribution in [1.29, 1.82) is 0 Å². The van der Waals surface area contributed by atoms with Crippen LogP contribution in [0.5, 0.6) is 0 Å². The zero-order valence-electron chi connectivity index (χ0n) is 11.9. The van der Waals surface area contributed by atoms with Crippen LogP contribution in [0.3, 0.4) is 0 Å². The lowest BCUT2D eigenvalue weighted by molar-refractivity contribution is -0.00858. The molecule has 1 heterocycles. The quantitative estimate of drug-likeness (QED) is 0.830. The van der Waals surface area contributed by atoms with Gasteiger partial charge < -0.3 is 15.8 Å². The van der Waals surface area contributed by atoms with E-state index in [1.54, 1.807) is 0 Å². The molecule has 4 nitrogen and oxygen atoms in total. The number of carbonyl (C=O) groups is 1. The highest BCUT2D eigenvalue weighted by Crippen LogP contribution is 2.25. The summed E-state index contributed by atoms with van der Waals surface area (Å²) in [6, 6.07) is 2.12. The number of nitrogens with two attached hydrogens (primary N) is 1. The van der Waals surface area contributed by atoms with Gasteiger partial charge in [-0.05, 0) is 38.3 Å². The zero-order valence-corrected chi connectivity index (χ0v) is 12.7. The maximum atomic E-state index is 12.1. The third-order valence-electron chi connectivity index (χ3n) is 3.28. The standard InChI is InChI=1S/C15H20N2O2S/c1-3-19-12-8-11(9-12)17-15(18)14-7-10(2)13(20-14)5-4-6-16/h7,11-12H,3,6,8-9,16H2,1-2H3,(H,17,18). The van der Waals surface area contributed by atoms with Crippen molar-refractivity contribution in [3.63, 3.8) is 0 Å². The largest absolute Gasteiger partial charge is 0.378 e. The van der Waals surface area contributed by atoms with Crippen LogP contribution in [0.25, 0.3) is 0 Å². The van der Waals surface area contributed by atoms with Crippen LogP contribution in [0.4, 0.5) is 0 Å². The molecular weight excluding hydrogens is 272 g/mol. The third-order valence-corrected chi connectivity index (χ3v) is 4.43. The second-order valence-electron chi connectivity index (χ2n) is 4.85. The van der Waals surface area contributed by atoms with E-state index in [1.165, 1.54) is 11.3 Å². The van der Waals surface area contributed by atoms with Crippen LogP contribution in [0.15, 0.2) is 6.07 Å². The molecule has 1 amide bonds. The van der Waals surface area contributed by atoms with Crippen LogP contribution in [-0.2, 0) is 4.74 Å². The molecule has 1 aliphatic carbocycles. The Balaban J connectivity index is 1.90. The molecule has 1 fully saturated rings. The summed E-state index contributed by atoms with van der Waals surface area (Å²) in [6.07, 6.45) is 2.12. The van der Waals surface area contributed by atoms with Crippen molar-refractivity contribution in [2.75, 3.05) is 13.2 Å². The normalized spacial score (nSPS) is 20.8. The topological polar surface area (TPSA) is 64.3 Å². The van der Waals surface area contributed by atoms with E-state index >= 15 is 0 Å². The van der Waals surface area contributed by atoms with Gasteiger partial charge in [-0.1, -0.05) is 11.8 Å². The van der Waals surface area contributed by atoms with Gasteiger partial charge in [0.05, 0.1) is 22.4 Å². The van der Waals surface area contributed by atoms with Crippen molar-refractivity contribution >= 4 is 17.2 Å². The van der Waals surface area contributed by atoms with E-state index in [1.807, 2.05) is 19.9 Å². The molecule has 0 bridgehead atoms. The fourth-order valence-electron chi connectivity index (χ4n) is 2.16. The molecule has 108 valence electrons. The Bertz CT molecular complexity index is 536. The van der Waals surface area contributed by atoms with Crippen LogP contribution in [0.1, 0.15) is 39.9 Å². The lowest BCUT2D eigenvalue weighted by Crippen LogP contribution is -2.47. The molecule has 3 N–H and O–H groups in total. The highest BCUT2D eigenvalue weighted by Gasteiger charge is 2.31. The minimum atomic E-state index is -0.0150. The van der Waals surface area contributed by atoms with E-state index in [0.717, 1.165) is 29.9 Å². The first-order valence-corrected chi connectivity index (χ1v) is 7.67. The summed E-state index contributed by atoms with van der Waals surface area (Å²) >= 11 is 1.42. The Morgan fingerprint density at radius 1 is 1.60 bits per heavy atom. The van der Waals surface area contributed by atoms with Crippen molar-refractivity contribution < 1.29 is 9.53 Å². The molecule has 1 saturated carbocycles. The van der Waals surface area contributed by atoms with Gasteiger partial charge in [-0.2, -0.15) is 0 Å². The number of thiophene rings is 1. The number of nitrogens with one attached hydrogen (secondary N) is 1. The van der Waals surface area contributed by atoms with E-state index in [-0.39, 0.29) is 11.9 Å². The first kappa shape index (κ1) is 15.0. The van der Waals surface area contributed by atoms with Crippen LogP contribution >= 0.6 is 11.3 Å². The monoisotopic (exact) mass is 292 g/mol. The highest BCUT2D eigenvalue weighted by molar-refractivity contribution is 7.14. The van der Waals surface area contributed by atoms with Crippen LogP contribution in [-0.4, -0.2) is 31.2 Å². The predicted octanol–water partition coefficient (Wildman–Crippen LogP) is 1.66. The second-order valence-corrected chi connectivity index (χ2v) is 5.90. The number of amides is 1. The summed E-state index contributed by atoms with van der Waals surface area (Å²) in [5, 5.41) is 3.04. The van der Waals surface area contributed by atoms with Gasteiger partial charge >= 0.3 is 0 Å². The Hall–Kier alpha value is -1.35. The average molecular weight is 292 g/mol. The molecule has 0 radical (unpaired) electrons. The maximum absolute atomic E-state index is 12.1. The van der Waals surface area contributed by atoms with Crippen molar-refractivity contribution in [2.45, 2.75) is 38.8 Å². The summed E-state index contributed by atoms with van der Waals surface area (Å²) < 4.78 is 5.48. The molecule has 0 unspecified atom stereocenters. The van der Waals surface area contributed by atoms with Gasteiger partial charge in [-0.25, -0.2) is 0 Å². The fraction of sp³-hybridized carbons (Fsp3) is 0.533. The maximum Gasteiger partial charge on any atom is 0.261 e. The van der Waals surface area contributed by atoms with E-state index < -0.39 is 0 Å². The van der Waals surface area contributed by atoms with Gasteiger partial charge in [0.15, 0.2) is 0 Å². The first-order valence-electron chi connectivity index (χ1n) is 6.85. The van der Waals surface area contributed by atoms with Gasteiger partial charge in [0, 0.05) is 12.6 Å². The molecule has 1 aromatic rings. The van der Waals surface area contributed by atoms with E-state index in [9.17, 15) is 4.79 Å². The van der Waals surface area contributed by atoms with Crippen LogP contribution in [0, 0.1) is 18.8 Å². The zero-order chi connectivity index (χ0) is 14.5. The molecule has 5 heteroatoms. The number of hydrogen-bond acceptors (Lipinski definition) is 4. The second kappa shape index (κ2) is 6.89. The van der Waals surface area contributed by atoms with Gasteiger partial charge in [-0.3, -0.25) is 4.79 Å². The van der Waals surface area contributed by atoms with Gasteiger partial charge in [0.1, 0.15) is 0 Å². The Labute approximate surface area is 123 Å². The molecule has 20 heavy (non-hydrogen) atoms. The van der Waals surface area contributed by atoms with E-state index in [2.05, 4.69) is 17.2 Å². The minimum absolute atomic E-state index is 0.0150. The molecule has 1 aromatic heterocycles. The first-order chi connectivity index (χ1) is 9.63. The van der Waals surface area contributed by atoms with E-state index in [4.69, 9.17) is 10.5 Å². The Morgan fingerprint density at radius 2 is 2.35 bits per heavy atom. The number of rotatable bonds is 4. The lowest BCUT2D eigenvalue weighted by Gasteiger charge is -2.35. The number of hydrogen-bond donors (Lipinski definition) is 2. The van der Waals surface area contributed by atoms with Crippen molar-refractivity contribution in [3.05, 3.63) is 21.4 Å². The van der Waals surface area contributed by atoms with Gasteiger partial charge in [0.25, 0.3) is 5.91 Å². The highest BCUT2D eigenvalue weighted by atomic mass is 32.1. The van der Waals surface area contributed by atoms with E-state index in [0.29, 0.717) is 17.5 Å². The molecule has 2 rings (SSSR count). The van der Waals surface area contributed by atoms with Crippen LogP contribution < -0.4 is 11.1 Å². The minimum Gasteiger partial charge on any atom is -0.378 e. The Morgan fingerprint density at radius 3 is 3.00 bits per heavy atom. The number of ether oxygens (including phenoxy) is 1. The van der Waals surface area contributed by atoms with Crippen LogP contribution in [0.2, 0.25) is 0 Å². The molecule has 0 aromatic carbocycles. The molecule has 0 spiro atoms. The molecular formula is C15H20N2O2S. The average Bonchev–Trinajstić information content (AvgIpc) is 2.75. The molecule has 0 atom stereocenters. The summed E-state index contributed by atoms with van der Waals surface area (Å²) in [4.78, 5) is 13.8. The van der Waals surface area contributed by atoms with Gasteiger partial charge in [-0.15, -0.1) is 11.3 Å². The van der Waals surface area contributed by atoms with Gasteiger partial charge in [0.2, 0.25) is 0 Å². The summed E-state index contributed by atoms with van der Waals surface area (Å²) in [6.45, 7) is 5.02. The number of aryl methyl sites for hydroxylation is 1. The predicted molar refractivity (Wildman–Crippen MR) is 80.9 cm³/mol. The van der Waals surface area contributed by atoms with Crippen molar-refractivity contribution in [1.82, 2.24) is 5.32 Å². The molecule has 1 aliphatic rings. The molecule has 0 aliphatic heterocycles. The molecule has 0 saturated heterocycles. The summed E-state index contributed by atoms with van der Waals surface area (Å²) in [7, 11) is 0. The number of carbonyl (C=O) groups excluding carboxylic acids is 1. The SMILES string of the molecule is CCOC1CC(NC(=O)c2cc(C)c(C#CCN)s2)C1. The lowest BCUT2D eigenvalue weighted by atomic mass is 9.89. The summed E-state index contributed by atoms with van der Waals surface area (Å²) in [5.41, 5.74) is 6.39. The smallest absolute Gasteiger partial charge is 0.261 e. The Kier molecular flexibility index (Phi) is 5.18. The summed E-state index contributed by atoms with van der Waals surface area (Å²) in [5.74, 6) is 5.80. The van der Waals surface area contributed by atoms with Crippen molar-refractivity contribution in [3.8, 4) is 11.8 Å². The third kappa shape index (κ3) is 3.60. The fourth-order valence-corrected chi connectivity index (χ4v) is 3.11.